The topological polar surface area (TPSA) is 77.6 Å². The highest BCUT2D eigenvalue weighted by Gasteiger charge is 1.64. The summed E-state index contributed by atoms with van der Waals surface area (Å²) < 4.78 is 39.0. The van der Waals surface area contributed by atoms with Crippen LogP contribution in [0.4, 0.5) is 0 Å². The van der Waals surface area contributed by atoms with Crippen molar-refractivity contribution in [3.05, 3.63) is 0 Å². The lowest BCUT2D eigenvalue weighted by Crippen LogP contribution is -2.51. The zero-order chi connectivity index (χ0) is 8.31. The van der Waals surface area contributed by atoms with Gasteiger partial charge >= 0.3 is 5.96 Å². The van der Waals surface area contributed by atoms with Crippen LogP contribution in [0.25, 0.3) is 0 Å². The second-order valence-corrected chi connectivity index (χ2v) is 0.300. The molecule has 0 heterocycles. The van der Waals surface area contributed by atoms with Gasteiger partial charge in [0.1, 0.15) is 0 Å². The van der Waals surface area contributed by atoms with Gasteiger partial charge in [-0.3, -0.25) is 16.8 Å². The lowest BCUT2D eigenvalue weighted by atomic mass is 11.1. The molecule has 0 amide bonds. The molecule has 0 bridgehead atoms. The number of guanidine groups is 1. The van der Waals surface area contributed by atoms with Crippen molar-refractivity contribution in [2.24, 2.45) is 11.4 Å². The van der Waals surface area contributed by atoms with Crippen molar-refractivity contribution in [2.75, 3.05) is 0 Å². The van der Waals surface area contributed by atoms with Crippen molar-refractivity contribution in [3.63, 3.8) is 0 Å². The first-order chi connectivity index (χ1) is 4.46. The molecule has 0 radical (unpaired) electrons. The van der Waals surface area contributed by atoms with Crippen LogP contribution >= 0.6 is 0 Å². The smallest absolute Gasteiger partial charge is 0.291 e. The summed E-state index contributed by atoms with van der Waals surface area (Å²) >= 11 is 0. The predicted molar refractivity (Wildman–Crippen MR) is 15.3 cm³/mol. The van der Waals surface area contributed by atoms with Crippen LogP contribution in [-0.4, -0.2) is 5.96 Å². The Hall–Kier alpha value is -0.730. The molecular formula is CH6N3+. The summed E-state index contributed by atoms with van der Waals surface area (Å²) in [5.74, 6) is -0.806. The SMILES string of the molecule is [2H]N([2H])C(N([2H])[2H])=[N+]([2H])[2H]. The Morgan fingerprint density at radius 3 is 3.00 bits per heavy atom. The van der Waals surface area contributed by atoms with Gasteiger partial charge in [-0.2, -0.15) is 0 Å². The second-order valence-electron chi connectivity index (χ2n) is 0.300. The third kappa shape index (κ3) is 0.174. The molecule has 0 atom stereocenters. The molecule has 6 N–H and O–H groups in total. The Kier molecular flexibility index (Phi) is 0.0438. The van der Waals surface area contributed by atoms with E-state index in [1.165, 1.54) is 0 Å². The van der Waals surface area contributed by atoms with Gasteiger partial charge in [-0.25, -0.2) is 0 Å². The quantitative estimate of drug-likeness (QED) is 0.208. The summed E-state index contributed by atoms with van der Waals surface area (Å²) in [6, 6.07) is 0. The summed E-state index contributed by atoms with van der Waals surface area (Å²) in [4.78, 5) is 0. The highest BCUT2D eigenvalue weighted by molar-refractivity contribution is 5.68. The lowest BCUT2D eigenvalue weighted by molar-refractivity contribution is -0.116. The first-order valence-corrected chi connectivity index (χ1v) is 0.671. The minimum atomic E-state index is -0.806. The fraction of sp³-hybridized carbons (Fsp3) is 0. The minimum Gasteiger partial charge on any atom is -0.291 e. The fourth-order valence-electron chi connectivity index (χ4n) is 0. The van der Waals surface area contributed by atoms with Gasteiger partial charge in [-0.15, -0.1) is 0 Å². The molecule has 0 unspecified atom stereocenters. The molecule has 0 aliphatic carbocycles. The number of hydrogen-bond acceptors (Lipinski definition) is 0. The van der Waals surface area contributed by atoms with E-state index in [0.29, 0.717) is 0 Å². The van der Waals surface area contributed by atoms with E-state index in [1.54, 1.807) is 0 Å². The summed E-state index contributed by atoms with van der Waals surface area (Å²) in [5, 5.41) is -0.167. The van der Waals surface area contributed by atoms with Crippen LogP contribution in [0.15, 0.2) is 0 Å². The maximum absolute atomic E-state index is 6.50. The molecular weight excluding hydrogens is 54.0 g/mol. The molecule has 0 aliphatic rings. The van der Waals surface area contributed by atoms with Gasteiger partial charge in [0.25, 0.3) is 8.47 Å². The van der Waals surface area contributed by atoms with Crippen molar-refractivity contribution in [1.29, 1.82) is 0 Å². The van der Waals surface area contributed by atoms with Gasteiger partial charge in [0.15, 0.2) is 0 Å². The van der Waals surface area contributed by atoms with E-state index in [9.17, 15) is 0 Å². The Balaban J connectivity index is 4.44. The molecule has 0 saturated carbocycles. The van der Waals surface area contributed by atoms with Crippen LogP contribution in [-0.2, 0) is 0 Å². The van der Waals surface area contributed by atoms with Crippen molar-refractivity contribution in [3.8, 4) is 0 Å². The molecule has 0 aromatic rings. The van der Waals surface area contributed by atoms with E-state index < -0.39 is 5.96 Å². The predicted octanol–water partition coefficient (Wildman–Crippen LogP) is -2.98. The molecule has 3 heteroatoms. The number of nitrogens with two attached hydrogens (primary N) is 3. The Labute approximate surface area is 32.9 Å². The zero-order valence-corrected chi connectivity index (χ0v) is 1.84. The van der Waals surface area contributed by atoms with Crippen molar-refractivity contribution >= 4 is 5.96 Å². The van der Waals surface area contributed by atoms with Crippen molar-refractivity contribution in [2.45, 2.75) is 0 Å². The Morgan fingerprint density at radius 1 is 2.25 bits per heavy atom. The monoisotopic (exact) mass is 66.1 g/mol. The molecule has 0 spiro atoms. The van der Waals surface area contributed by atoms with Crippen LogP contribution in [0, 0.1) is 0 Å². The van der Waals surface area contributed by atoms with Gasteiger partial charge in [-0.05, 0) is 0 Å². The number of hydrogen-bond donors (Lipinski definition) is 3. The van der Waals surface area contributed by atoms with Crippen LogP contribution < -0.4 is 16.8 Å². The van der Waals surface area contributed by atoms with Gasteiger partial charge < -0.3 is 0 Å². The average Bonchev–Trinajstić information content (AvgIpc) is 1.59. The second kappa shape index (κ2) is 0.711. The van der Waals surface area contributed by atoms with E-state index in [2.05, 4.69) is 0 Å². The molecule has 0 fully saturated rings. The normalized spacial score (nSPS) is 24.0. The molecule has 24 valence electrons. The molecule has 0 saturated heterocycles. The molecule has 0 rings (SSSR count). The van der Waals surface area contributed by atoms with Crippen LogP contribution in [0.1, 0.15) is 0 Å². The summed E-state index contributed by atoms with van der Waals surface area (Å²) in [5.41, 5.74) is -0.333. The van der Waals surface area contributed by atoms with E-state index in [1.807, 2.05) is 0 Å². The van der Waals surface area contributed by atoms with Gasteiger partial charge in [-0.1, -0.05) is 0 Å². The maximum Gasteiger partial charge on any atom is 0.336 e. The van der Waals surface area contributed by atoms with E-state index in [4.69, 9.17) is 8.47 Å². The number of rotatable bonds is 0. The molecule has 3 nitrogen and oxygen atoms in total. The van der Waals surface area contributed by atoms with Crippen LogP contribution in [0.3, 0.4) is 0 Å². The summed E-state index contributed by atoms with van der Waals surface area (Å²) in [6.07, 6.45) is 0. The largest absolute Gasteiger partial charge is 0.336 e. The highest BCUT2D eigenvalue weighted by atomic mass is 14.9. The van der Waals surface area contributed by atoms with Crippen LogP contribution in [0.5, 0.6) is 0 Å². The lowest BCUT2D eigenvalue weighted by Gasteiger charge is -1.59. The summed E-state index contributed by atoms with van der Waals surface area (Å²) in [7, 11) is 0. The highest BCUT2D eigenvalue weighted by Crippen LogP contribution is 0.925. The fourth-order valence-corrected chi connectivity index (χ4v) is 0. The van der Waals surface area contributed by atoms with E-state index in [-0.39, 0.29) is 16.8 Å². The van der Waals surface area contributed by atoms with Crippen LogP contribution in [0.2, 0.25) is 8.47 Å². The molecule has 0 aromatic heterocycles. The van der Waals surface area contributed by atoms with Gasteiger partial charge in [0.2, 0.25) is 0 Å². The van der Waals surface area contributed by atoms with Crippen molar-refractivity contribution in [1.82, 2.24) is 0 Å². The molecule has 0 aromatic carbocycles. The van der Waals surface area contributed by atoms with E-state index >= 15 is 0 Å². The van der Waals surface area contributed by atoms with Crippen molar-refractivity contribution < 1.29 is 13.9 Å². The Morgan fingerprint density at radius 2 is 3.00 bits per heavy atom. The van der Waals surface area contributed by atoms with E-state index in [0.717, 1.165) is 0 Å². The van der Waals surface area contributed by atoms with Gasteiger partial charge in [0, 0.05) is 0 Å². The first-order valence-electron chi connectivity index (χ1n) is 3.35. The Bertz CT molecular complexity index is 126. The molecule has 0 aliphatic heterocycles. The minimum absolute atomic E-state index is 0.167. The zero-order valence-electron chi connectivity index (χ0n) is 7.84. The van der Waals surface area contributed by atoms with Gasteiger partial charge in [0.05, 0.1) is 0 Å². The average molecular weight is 66.1 g/mol. The maximum atomic E-state index is 6.50. The molecule has 4 heavy (non-hydrogen) atoms. The third-order valence-electron chi connectivity index (χ3n) is 0. The standard InChI is InChI=1S/CH5N3/c2-1(3)4/h(H5,2,3,4)/p+1/i/hD6. The summed E-state index contributed by atoms with van der Waals surface area (Å²) in [6.45, 7) is 0. The first kappa shape index (κ1) is 0.246. The third-order valence-corrected chi connectivity index (χ3v) is 0.